The molecule has 0 aromatic rings. The van der Waals surface area contributed by atoms with Crippen molar-refractivity contribution in [3.8, 4) is 0 Å². The second-order valence-electron chi connectivity index (χ2n) is 29.9. The van der Waals surface area contributed by atoms with Crippen molar-refractivity contribution in [3.05, 3.63) is 0 Å². The van der Waals surface area contributed by atoms with Crippen LogP contribution in [-0.2, 0) is 245 Å². The van der Waals surface area contributed by atoms with E-state index in [1.807, 2.05) is 0 Å². The van der Waals surface area contributed by atoms with Crippen LogP contribution in [0.4, 0.5) is 0 Å². The summed E-state index contributed by atoms with van der Waals surface area (Å²) in [5.74, 6) is -15.8. The fourth-order valence-corrected chi connectivity index (χ4v) is 20.8. The van der Waals surface area contributed by atoms with Gasteiger partial charge in [0, 0.05) is 48.5 Å². The molecular weight excluding hydrogens is 2070 g/mol. The van der Waals surface area contributed by atoms with Crippen molar-refractivity contribution in [2.45, 2.75) is 234 Å². The zero-order valence-electron chi connectivity index (χ0n) is 67.7. The number of hydrogen-bond donors (Lipinski definition) is 0. The Morgan fingerprint density at radius 2 is 0.611 bits per heavy atom. The molecule has 18 unspecified atom stereocenters. The van der Waals surface area contributed by atoms with Gasteiger partial charge in [0.15, 0.2) is 49.9 Å². The van der Waals surface area contributed by atoms with E-state index in [9.17, 15) is 168 Å². The highest BCUT2D eigenvalue weighted by atomic mass is 32.3. The Bertz CT molecular complexity index is 5220. The van der Waals surface area contributed by atoms with Crippen LogP contribution in [0.5, 0.6) is 0 Å². The Hall–Kier alpha value is -2.82. The standard InChI is InChI=1S/C39H64O42S7.C15H28O23S5/c1-12-14(3)35(70-18(23(12)65-8)9-66-82(44,45)46)72-24-13(2)15(4)36(76-31(24)34(42)43)73-27-20(11-68-84(50,51)52)71-38(32(81-88(62,63)64)30(27)80-87(59,60)61)77-39(7)21-16(5)37(75-28(22(21)39)33(40)41)74-26-19(10-67-83(47,48)49)69-17(6)25(78-85(53,54)55)29(26)79-86(56,57)58;1-6-11(35-42(23,24)25)8(3)31-9(4-29-40(17,18)19)12(6)33-15-14(36-43(26,27)28)7(2)13(34-39-38-37-16)10(32-15)5-30-41(20,21)22/h12-32,35-38H,9-11H2,1-8H3,(H,40,41)(H,42,43)(H,44,45,46)(H,47,48,49)(H,50,51,52)(H,53,54,55)(H,56,57,58)(H,59,60,61)(H,62,63,64);6-16H,4-5H2,1-3H3,(H,17,18,19)(H,20,21,22)(H,23,24,25)(H,26,27,28)/p-14/t12?,13?,14?,15?,16?,17-,18?,19?,20?,21-,22+,23+,24+,25?,26-,27-,28?,29?,30+,31?,32?,35-,36-,37-,38+,39?;6-,7+,8+,9?,10?,11?,12+,13+,14?,15+/m11/s1. The number of rotatable bonds is 44. The molecule has 7 heterocycles. The Morgan fingerprint density at radius 1 is 0.305 bits per heavy atom. The van der Waals surface area contributed by atoms with Gasteiger partial charge in [-0.3, -0.25) is 55.2 Å². The number of aliphatic carboxylic acids is 2. The molecule has 7 saturated heterocycles. The molecule has 0 bridgehead atoms. The number of carbonyl (C=O) groups is 2. The first-order valence-electron chi connectivity index (χ1n) is 36.4. The van der Waals surface area contributed by atoms with Crippen LogP contribution in [0, 0.1) is 53.3 Å². The van der Waals surface area contributed by atoms with E-state index in [0.29, 0.717) is 0 Å². The largest absolute Gasteiger partial charge is 0.726 e. The van der Waals surface area contributed by atoms with Gasteiger partial charge in [-0.1, -0.05) is 48.5 Å². The number of hydrogen-bond acceptors (Lipinski definition) is 66. The third-order valence-corrected chi connectivity index (χ3v) is 26.7. The lowest BCUT2D eigenvalue weighted by Gasteiger charge is -2.51. The lowest BCUT2D eigenvalue weighted by Crippen LogP contribution is -2.66. The first kappa shape index (κ1) is 115. The molecule has 7 aliphatic heterocycles. The summed E-state index contributed by atoms with van der Waals surface area (Å²) in [6.45, 7) is 5.67. The molecule has 65 nitrogen and oxygen atoms in total. The van der Waals surface area contributed by atoms with Gasteiger partial charge < -0.3 is 137 Å². The maximum atomic E-state index is 12.9. The molecule has 770 valence electrons. The lowest BCUT2D eigenvalue weighted by molar-refractivity contribution is -0.777. The van der Waals surface area contributed by atoms with E-state index in [2.05, 4.69) is 55.4 Å². The lowest BCUT2D eigenvalue weighted by atomic mass is 9.82. The first-order valence-corrected chi connectivity index (χ1v) is 51.7. The Labute approximate surface area is 750 Å². The first-order chi connectivity index (χ1) is 59.4. The van der Waals surface area contributed by atoms with Gasteiger partial charge in [0.2, 0.25) is 114 Å². The maximum Gasteiger partial charge on any atom is 0.218 e. The minimum atomic E-state index is -6.34. The van der Waals surface area contributed by atoms with Crippen LogP contribution in [0.15, 0.2) is 0 Å². The molecule has 36 atom stereocenters. The summed E-state index contributed by atoms with van der Waals surface area (Å²) in [6, 6.07) is 0. The molecule has 0 N–H and O–H groups in total. The van der Waals surface area contributed by atoms with E-state index in [-0.39, 0.29) is 12.3 Å². The Kier molecular flexibility index (Phi) is 39.2. The Morgan fingerprint density at radius 3 is 1.02 bits per heavy atom. The minimum Gasteiger partial charge on any atom is -0.726 e. The topological polar surface area (TPSA) is 982 Å². The van der Waals surface area contributed by atoms with Gasteiger partial charge in [0.05, 0.1) is 81.1 Å². The van der Waals surface area contributed by atoms with Crippen LogP contribution >= 0.6 is 12.3 Å². The number of ether oxygens (including phenoxy) is 13. The average Bonchev–Trinajstić information content (AvgIpc) is 1.52. The van der Waals surface area contributed by atoms with E-state index >= 15 is 0 Å². The predicted molar refractivity (Wildman–Crippen MR) is 373 cm³/mol. The summed E-state index contributed by atoms with van der Waals surface area (Å²) >= 11 is -0.175. The smallest absolute Gasteiger partial charge is 0.218 e. The van der Waals surface area contributed by atoms with Crippen molar-refractivity contribution in [2.75, 3.05) is 40.1 Å². The second-order valence-corrected chi connectivity index (χ2v) is 41.7. The minimum absolute atomic E-state index is 0.175. The van der Waals surface area contributed by atoms with Crippen LogP contribution in [-0.4, -0.2) is 360 Å². The van der Waals surface area contributed by atoms with E-state index < -0.39 is 378 Å². The summed E-state index contributed by atoms with van der Waals surface area (Å²) in [4.78, 5) is 25.8. The van der Waals surface area contributed by atoms with Crippen LogP contribution in [0.25, 0.3) is 0 Å². The van der Waals surface area contributed by atoms with E-state index in [0.717, 1.165) is 27.7 Å². The highest BCUT2D eigenvalue weighted by Gasteiger charge is 2.74. The van der Waals surface area contributed by atoms with Gasteiger partial charge in [0.25, 0.3) is 0 Å². The van der Waals surface area contributed by atoms with Gasteiger partial charge in [-0.15, -0.1) is 4.33 Å². The monoisotopic (exact) mass is 2150 g/mol. The highest BCUT2D eigenvalue weighted by Crippen LogP contribution is 2.64. The van der Waals surface area contributed by atoms with Gasteiger partial charge >= 0.3 is 0 Å². The fraction of sp³-hybridized carbons (Fsp3) is 0.963. The third kappa shape index (κ3) is 33.7. The highest BCUT2D eigenvalue weighted by molar-refractivity contribution is 7.89. The molecule has 77 heteroatoms. The summed E-state index contributed by atoms with van der Waals surface area (Å²) in [6.07, 6.45) is -54.7. The van der Waals surface area contributed by atoms with Crippen molar-refractivity contribution in [3.63, 3.8) is 0 Å². The van der Waals surface area contributed by atoms with Crippen LogP contribution in [0.1, 0.15) is 69.2 Å². The molecular formula is C54H78O65S12-14. The van der Waals surface area contributed by atoms with Crippen molar-refractivity contribution >= 4 is 139 Å². The van der Waals surface area contributed by atoms with Gasteiger partial charge in [0.1, 0.15) is 91.6 Å². The van der Waals surface area contributed by atoms with E-state index in [4.69, 9.17) is 65.8 Å². The number of carboxylic acid groups (broad SMARTS) is 2. The van der Waals surface area contributed by atoms with E-state index in [1.165, 1.54) is 41.7 Å². The quantitative estimate of drug-likeness (QED) is 0.0136. The van der Waals surface area contributed by atoms with Crippen molar-refractivity contribution < 1.29 is 289 Å². The SMILES string of the molecule is CO[C@@H]1C(COS(=O)(=O)[O-])O[C@H](O[C@@H]2C(C(=O)[O-])O[C@@H](O[C@@H]3C(COS(=O)(=O)[O-])O[C@@H](OC4(C)[C@@H]5C(C(=O)[O-])O[C@@H](O[C@@H]6C(COS(=O)(=O)[O-])O[C@H](C)C(OS(=O)(=O)[O-])C6OS(=O)(=O)[O-])C(C)[C@H]54)C(OS(=O)(=O)[O-])[C@H]3OS(=O)(=O)[O-])C(C)C2C)C(C)C1C.C[C@@H]1OC(COS(=O)(=O)[O-])[C@@H](O[C@@H]2OC(COS(=O)(=O)[O-])[C@@H](OSOO[O-])[C@H](C)C2OS(=O)(=O)[O-])[C@H](C)C1OS(=O)(=O)[O-]. The van der Waals surface area contributed by atoms with Crippen molar-refractivity contribution in [1.29, 1.82) is 0 Å². The molecule has 1 saturated carbocycles. The average molecular weight is 2150 g/mol. The molecule has 8 fully saturated rings. The predicted octanol–water partition coefficient (Wildman–Crippen LogP) is -12.7. The summed E-state index contributed by atoms with van der Waals surface area (Å²) in [7, 11) is -62.2. The summed E-state index contributed by atoms with van der Waals surface area (Å²) in [5.41, 5.74) is -2.38. The normalized spacial score (nSPS) is 39.2. The number of fused-ring (bicyclic) bond motifs is 1. The van der Waals surface area contributed by atoms with Gasteiger partial charge in [-0.2, -0.15) is 0 Å². The summed E-state index contributed by atoms with van der Waals surface area (Å²) < 4.78 is 518. The van der Waals surface area contributed by atoms with Crippen molar-refractivity contribution in [1.82, 2.24) is 0 Å². The van der Waals surface area contributed by atoms with Gasteiger partial charge in [-0.25, -0.2) is 92.6 Å². The van der Waals surface area contributed by atoms with Gasteiger partial charge in [-0.05, 0) is 32.6 Å². The number of methoxy groups -OCH3 is 1. The fourth-order valence-electron chi connectivity index (χ4n) is 15.7. The molecule has 0 aromatic heterocycles. The molecule has 0 aromatic carbocycles. The van der Waals surface area contributed by atoms with Crippen LogP contribution < -0.4 is 15.5 Å². The molecule has 0 radical (unpaired) electrons. The molecule has 1 aliphatic carbocycles. The van der Waals surface area contributed by atoms with Crippen LogP contribution in [0.3, 0.4) is 0 Å². The molecule has 0 amide bonds. The second kappa shape index (κ2) is 44.6. The number of carbonyl (C=O) groups excluding carboxylic acids is 2. The maximum absolute atomic E-state index is 12.9. The van der Waals surface area contributed by atoms with Crippen LogP contribution in [0.2, 0.25) is 0 Å². The summed E-state index contributed by atoms with van der Waals surface area (Å²) in [5, 5.41) is 39.0. The van der Waals surface area contributed by atoms with Crippen molar-refractivity contribution in [2.24, 2.45) is 53.3 Å². The molecule has 131 heavy (non-hydrogen) atoms. The van der Waals surface area contributed by atoms with E-state index in [1.54, 1.807) is 6.92 Å². The zero-order valence-corrected chi connectivity index (χ0v) is 77.5. The Balaban J connectivity index is 0.000000456. The number of carboxylic acids is 2. The molecule has 0 spiro atoms. The molecule has 8 rings (SSSR count). The third-order valence-electron chi connectivity index (χ3n) is 21.4. The molecule has 8 aliphatic rings. The zero-order chi connectivity index (χ0) is 99.7.